The topological polar surface area (TPSA) is 88.4 Å². The van der Waals surface area contributed by atoms with Crippen molar-refractivity contribution < 1.29 is 23.7 Å². The first-order chi connectivity index (χ1) is 21.2. The van der Waals surface area contributed by atoms with Crippen molar-refractivity contribution in [1.82, 2.24) is 4.57 Å². The zero-order valence-electron chi connectivity index (χ0n) is 24.2. The molecular formula is C32H27BrCl2N2O6S. The van der Waals surface area contributed by atoms with Crippen LogP contribution in [0.2, 0.25) is 10.0 Å². The van der Waals surface area contributed by atoms with Crippen LogP contribution in [0.25, 0.3) is 6.08 Å². The van der Waals surface area contributed by atoms with Gasteiger partial charge < -0.3 is 18.9 Å². The number of carbonyl (C=O) groups excluding carboxylic acids is 1. The van der Waals surface area contributed by atoms with Crippen LogP contribution in [0.5, 0.6) is 17.2 Å². The van der Waals surface area contributed by atoms with Gasteiger partial charge in [0, 0.05) is 10.0 Å². The zero-order valence-corrected chi connectivity index (χ0v) is 28.1. The summed E-state index contributed by atoms with van der Waals surface area (Å²) in [4.78, 5) is 32.6. The van der Waals surface area contributed by atoms with E-state index in [0.29, 0.717) is 57.9 Å². The molecule has 0 radical (unpaired) electrons. The fraction of sp³-hybridized carbons (Fsp3) is 0.219. The summed E-state index contributed by atoms with van der Waals surface area (Å²) >= 11 is 17.1. The molecule has 1 aliphatic rings. The summed E-state index contributed by atoms with van der Waals surface area (Å²) in [6.07, 6.45) is 1.76. The summed E-state index contributed by atoms with van der Waals surface area (Å²) < 4.78 is 25.1. The molecule has 8 nitrogen and oxygen atoms in total. The van der Waals surface area contributed by atoms with E-state index in [2.05, 4.69) is 20.9 Å². The maximum atomic E-state index is 14.2. The highest BCUT2D eigenvalue weighted by molar-refractivity contribution is 9.10. The van der Waals surface area contributed by atoms with Gasteiger partial charge in [-0.3, -0.25) is 9.36 Å². The van der Waals surface area contributed by atoms with E-state index >= 15 is 0 Å². The molecule has 0 saturated heterocycles. The summed E-state index contributed by atoms with van der Waals surface area (Å²) in [7, 11) is 3.06. The number of allylic oxidation sites excluding steroid dienone is 1. The number of rotatable bonds is 9. The van der Waals surface area contributed by atoms with Gasteiger partial charge in [0.05, 0.1) is 52.7 Å². The number of benzene rings is 3. The van der Waals surface area contributed by atoms with Crippen LogP contribution in [0, 0.1) is 0 Å². The van der Waals surface area contributed by atoms with E-state index in [1.807, 2.05) is 30.3 Å². The van der Waals surface area contributed by atoms with Crippen molar-refractivity contribution >= 4 is 62.5 Å². The monoisotopic (exact) mass is 716 g/mol. The Balaban J connectivity index is 1.64. The van der Waals surface area contributed by atoms with Gasteiger partial charge in [-0.25, -0.2) is 9.79 Å². The number of esters is 1. The van der Waals surface area contributed by atoms with E-state index in [1.165, 1.54) is 30.1 Å². The van der Waals surface area contributed by atoms with Crippen LogP contribution in [0.4, 0.5) is 0 Å². The predicted octanol–water partition coefficient (Wildman–Crippen LogP) is 6.46. The molecule has 0 aliphatic carbocycles. The molecule has 4 aromatic rings. The summed E-state index contributed by atoms with van der Waals surface area (Å²) in [5, 5.41) is 0.904. The minimum atomic E-state index is -0.845. The number of thiazole rings is 1. The fourth-order valence-electron chi connectivity index (χ4n) is 4.83. The van der Waals surface area contributed by atoms with Crippen molar-refractivity contribution in [2.75, 3.05) is 20.8 Å². The van der Waals surface area contributed by atoms with Gasteiger partial charge >= 0.3 is 5.97 Å². The van der Waals surface area contributed by atoms with E-state index in [-0.39, 0.29) is 24.3 Å². The number of nitrogens with zero attached hydrogens (tertiary/aromatic N) is 2. The van der Waals surface area contributed by atoms with Gasteiger partial charge in [0.25, 0.3) is 5.56 Å². The molecule has 2 heterocycles. The summed E-state index contributed by atoms with van der Waals surface area (Å²) in [5.41, 5.74) is 2.53. The first-order valence-corrected chi connectivity index (χ1v) is 15.8. The standard InChI is InChI=1S/C32H27BrCl2N2O6S/c1-5-42-31(39)28-17(2)36-32-37(29(28)20-14-25(40-3)26(41-4)15-21(20)33)30(38)27(44-32)13-19-8-6-7-9-24(19)43-16-18-10-11-22(34)23(35)12-18/h6-15,29H,5,16H2,1-4H3/b27-13-/t29-/m0/s1. The van der Waals surface area contributed by atoms with Crippen molar-refractivity contribution in [3.05, 3.63) is 117 Å². The maximum absolute atomic E-state index is 14.2. The Morgan fingerprint density at radius 3 is 2.48 bits per heavy atom. The van der Waals surface area contributed by atoms with Gasteiger partial charge in [0.15, 0.2) is 16.3 Å². The number of halogens is 3. The lowest BCUT2D eigenvalue weighted by molar-refractivity contribution is -0.139. The van der Waals surface area contributed by atoms with Crippen LogP contribution in [0.15, 0.2) is 80.1 Å². The van der Waals surface area contributed by atoms with Gasteiger partial charge in [0.1, 0.15) is 12.4 Å². The van der Waals surface area contributed by atoms with Crippen molar-refractivity contribution in [3.63, 3.8) is 0 Å². The predicted molar refractivity (Wildman–Crippen MR) is 175 cm³/mol. The molecule has 1 aromatic heterocycles. The number of hydrogen-bond acceptors (Lipinski definition) is 8. The number of ether oxygens (including phenoxy) is 4. The van der Waals surface area contributed by atoms with E-state index in [4.69, 9.17) is 42.1 Å². The minimum absolute atomic E-state index is 0.166. The highest BCUT2D eigenvalue weighted by atomic mass is 79.9. The third-order valence-corrected chi connectivity index (χ3v) is 9.31. The zero-order chi connectivity index (χ0) is 31.5. The smallest absolute Gasteiger partial charge is 0.338 e. The Kier molecular flexibility index (Phi) is 9.84. The van der Waals surface area contributed by atoms with Crippen LogP contribution < -0.4 is 29.1 Å². The van der Waals surface area contributed by atoms with Crippen molar-refractivity contribution in [3.8, 4) is 17.2 Å². The molecule has 0 fully saturated rings. The van der Waals surface area contributed by atoms with Crippen LogP contribution >= 0.6 is 50.5 Å². The van der Waals surface area contributed by atoms with Gasteiger partial charge in [0.2, 0.25) is 0 Å². The molecule has 44 heavy (non-hydrogen) atoms. The summed E-state index contributed by atoms with van der Waals surface area (Å²) in [6, 6.07) is 15.3. The highest BCUT2D eigenvalue weighted by Crippen LogP contribution is 2.40. The number of hydrogen-bond donors (Lipinski definition) is 0. The molecule has 0 spiro atoms. The van der Waals surface area contributed by atoms with E-state index in [1.54, 1.807) is 44.2 Å². The Labute approximate surface area is 275 Å². The molecule has 12 heteroatoms. The lowest BCUT2D eigenvalue weighted by atomic mass is 9.95. The molecule has 5 rings (SSSR count). The molecule has 3 aromatic carbocycles. The van der Waals surface area contributed by atoms with E-state index < -0.39 is 12.0 Å². The minimum Gasteiger partial charge on any atom is -0.493 e. The lowest BCUT2D eigenvalue weighted by Gasteiger charge is -2.26. The lowest BCUT2D eigenvalue weighted by Crippen LogP contribution is -2.40. The molecule has 0 bridgehead atoms. The number of para-hydroxylation sites is 1. The number of aromatic nitrogens is 1. The second kappa shape index (κ2) is 13.6. The van der Waals surface area contributed by atoms with Crippen LogP contribution in [-0.4, -0.2) is 31.4 Å². The first-order valence-electron chi connectivity index (χ1n) is 13.4. The van der Waals surface area contributed by atoms with Crippen molar-refractivity contribution in [1.29, 1.82) is 0 Å². The quantitative estimate of drug-likeness (QED) is 0.185. The Hall–Kier alpha value is -3.57. The first kappa shape index (κ1) is 31.8. The van der Waals surface area contributed by atoms with Gasteiger partial charge in [-0.1, -0.05) is 74.7 Å². The fourth-order valence-corrected chi connectivity index (χ4v) is 6.73. The van der Waals surface area contributed by atoms with E-state index in [9.17, 15) is 9.59 Å². The third-order valence-electron chi connectivity index (χ3n) is 6.90. The van der Waals surface area contributed by atoms with Crippen LogP contribution in [0.3, 0.4) is 0 Å². The van der Waals surface area contributed by atoms with E-state index in [0.717, 1.165) is 5.56 Å². The third kappa shape index (κ3) is 6.30. The molecule has 0 amide bonds. The summed E-state index contributed by atoms with van der Waals surface area (Å²) in [6.45, 7) is 3.87. The summed E-state index contributed by atoms with van der Waals surface area (Å²) in [5.74, 6) is 0.952. The molecule has 228 valence electrons. The SMILES string of the molecule is CCOC(=O)C1=C(C)N=c2s/c(=C\c3ccccc3OCc3ccc(Cl)c(Cl)c3)c(=O)n2[C@H]1c1cc(OC)c(OC)cc1Br. The highest BCUT2D eigenvalue weighted by Gasteiger charge is 2.35. The van der Waals surface area contributed by atoms with Gasteiger partial charge in [-0.05, 0) is 61.4 Å². The average molecular weight is 718 g/mol. The molecule has 1 aliphatic heterocycles. The van der Waals surface area contributed by atoms with Gasteiger partial charge in [-0.2, -0.15) is 0 Å². The Morgan fingerprint density at radius 1 is 1.05 bits per heavy atom. The van der Waals surface area contributed by atoms with Crippen LogP contribution in [-0.2, 0) is 16.1 Å². The largest absolute Gasteiger partial charge is 0.493 e. The second-order valence-electron chi connectivity index (χ2n) is 9.61. The molecular weight excluding hydrogens is 691 g/mol. The molecule has 0 saturated carbocycles. The van der Waals surface area contributed by atoms with Crippen molar-refractivity contribution in [2.45, 2.75) is 26.5 Å². The molecule has 0 N–H and O–H groups in total. The molecule has 1 atom stereocenters. The van der Waals surface area contributed by atoms with Crippen LogP contribution in [0.1, 0.15) is 36.6 Å². The molecule has 0 unspecified atom stereocenters. The van der Waals surface area contributed by atoms with Gasteiger partial charge in [-0.15, -0.1) is 0 Å². The number of fused-ring (bicyclic) bond motifs is 1. The Morgan fingerprint density at radius 2 is 1.77 bits per heavy atom. The normalized spacial score (nSPS) is 14.6. The van der Waals surface area contributed by atoms with Crippen molar-refractivity contribution in [2.24, 2.45) is 4.99 Å². The average Bonchev–Trinajstić information content (AvgIpc) is 3.31. The number of methoxy groups -OCH3 is 2. The Bertz CT molecular complexity index is 1970. The maximum Gasteiger partial charge on any atom is 0.338 e. The number of carbonyl (C=O) groups is 1. The second-order valence-corrected chi connectivity index (χ2v) is 12.3.